The molecule has 1 amide bonds. The molecule has 0 atom stereocenters. The summed E-state index contributed by atoms with van der Waals surface area (Å²) < 4.78 is 0. The maximum Gasteiger partial charge on any atom is 0.255 e. The van der Waals surface area contributed by atoms with E-state index in [4.69, 9.17) is 5.11 Å². The molecule has 0 saturated carbocycles. The third-order valence-corrected chi connectivity index (χ3v) is 2.52. The fourth-order valence-electron chi connectivity index (χ4n) is 1.45. The van der Waals surface area contributed by atoms with Crippen LogP contribution in [0.1, 0.15) is 15.9 Å². The lowest BCUT2D eigenvalue weighted by Gasteiger charge is -2.08. The van der Waals surface area contributed by atoms with Gasteiger partial charge in [0.05, 0.1) is 11.9 Å². The highest BCUT2D eigenvalue weighted by Crippen LogP contribution is 2.25. The molecule has 1 heterocycles. The zero-order valence-electron chi connectivity index (χ0n) is 9.71. The lowest BCUT2D eigenvalue weighted by molar-refractivity contribution is 0.102. The van der Waals surface area contributed by atoms with Crippen molar-refractivity contribution in [3.05, 3.63) is 47.8 Å². The number of nitrogens with one attached hydrogen (secondary N) is 1. The number of aromatic hydroxyl groups is 2. The van der Waals surface area contributed by atoms with E-state index in [1.54, 1.807) is 18.5 Å². The summed E-state index contributed by atoms with van der Waals surface area (Å²) in [5, 5.41) is 21.2. The van der Waals surface area contributed by atoms with E-state index >= 15 is 0 Å². The van der Waals surface area contributed by atoms with Crippen molar-refractivity contribution in [2.45, 2.75) is 6.92 Å². The highest BCUT2D eigenvalue weighted by molar-refractivity contribution is 6.04. The van der Waals surface area contributed by atoms with Gasteiger partial charge in [0.15, 0.2) is 11.5 Å². The topological polar surface area (TPSA) is 82.5 Å². The number of aromatic nitrogens is 1. The molecule has 0 bridgehead atoms. The summed E-state index contributed by atoms with van der Waals surface area (Å²) >= 11 is 0. The Morgan fingerprint density at radius 3 is 2.67 bits per heavy atom. The maximum absolute atomic E-state index is 11.9. The lowest BCUT2D eigenvalue weighted by atomic mass is 10.1. The Hall–Kier alpha value is -2.56. The number of pyridine rings is 1. The molecule has 0 spiro atoms. The Morgan fingerprint density at radius 2 is 2.00 bits per heavy atom. The van der Waals surface area contributed by atoms with Crippen molar-refractivity contribution in [2.24, 2.45) is 0 Å². The van der Waals surface area contributed by atoms with Crippen molar-refractivity contribution in [1.82, 2.24) is 4.98 Å². The van der Waals surface area contributed by atoms with Gasteiger partial charge in [-0.2, -0.15) is 0 Å². The number of amides is 1. The minimum absolute atomic E-state index is 0.258. The fraction of sp³-hybridized carbons (Fsp3) is 0.0769. The average molecular weight is 244 g/mol. The van der Waals surface area contributed by atoms with Crippen LogP contribution in [0.15, 0.2) is 36.7 Å². The van der Waals surface area contributed by atoms with Crippen molar-refractivity contribution < 1.29 is 15.0 Å². The molecular formula is C13H12N2O3. The second-order valence-electron chi connectivity index (χ2n) is 3.85. The summed E-state index contributed by atoms with van der Waals surface area (Å²) in [6, 6.07) is 5.68. The van der Waals surface area contributed by atoms with E-state index in [0.717, 1.165) is 5.56 Å². The van der Waals surface area contributed by atoms with Crippen molar-refractivity contribution in [3.8, 4) is 11.5 Å². The van der Waals surface area contributed by atoms with Crippen LogP contribution in [0.2, 0.25) is 0 Å². The zero-order valence-corrected chi connectivity index (χ0v) is 9.71. The Morgan fingerprint density at radius 1 is 1.22 bits per heavy atom. The number of benzene rings is 1. The van der Waals surface area contributed by atoms with Crippen molar-refractivity contribution in [2.75, 3.05) is 5.32 Å². The van der Waals surface area contributed by atoms with Gasteiger partial charge < -0.3 is 15.5 Å². The number of carbonyl (C=O) groups is 1. The molecule has 2 rings (SSSR count). The van der Waals surface area contributed by atoms with E-state index in [1.165, 1.54) is 18.2 Å². The van der Waals surface area contributed by atoms with Crippen LogP contribution in [0, 0.1) is 6.92 Å². The SMILES string of the molecule is Cc1ccncc1NC(=O)c1ccc(O)c(O)c1. The van der Waals surface area contributed by atoms with Gasteiger partial charge in [0.2, 0.25) is 0 Å². The third kappa shape index (κ3) is 2.40. The molecule has 0 unspecified atom stereocenters. The molecule has 0 aliphatic carbocycles. The van der Waals surface area contributed by atoms with Gasteiger partial charge in [-0.3, -0.25) is 9.78 Å². The van der Waals surface area contributed by atoms with Crippen LogP contribution in [0.3, 0.4) is 0 Å². The Kier molecular flexibility index (Phi) is 3.14. The van der Waals surface area contributed by atoms with Crippen LogP contribution in [-0.4, -0.2) is 21.1 Å². The smallest absolute Gasteiger partial charge is 0.255 e. The summed E-state index contributed by atoms with van der Waals surface area (Å²) in [5.74, 6) is -0.962. The number of nitrogens with zero attached hydrogens (tertiary/aromatic N) is 1. The Bertz CT molecular complexity index is 597. The van der Waals surface area contributed by atoms with Crippen LogP contribution >= 0.6 is 0 Å². The first-order valence-corrected chi connectivity index (χ1v) is 5.32. The highest BCUT2D eigenvalue weighted by Gasteiger charge is 2.10. The summed E-state index contributed by atoms with van der Waals surface area (Å²) in [6.45, 7) is 1.85. The summed E-state index contributed by atoms with van der Waals surface area (Å²) in [7, 11) is 0. The average Bonchev–Trinajstić information content (AvgIpc) is 2.35. The van der Waals surface area contributed by atoms with Crippen LogP contribution in [-0.2, 0) is 0 Å². The molecule has 1 aromatic carbocycles. The maximum atomic E-state index is 11.9. The van der Waals surface area contributed by atoms with E-state index in [2.05, 4.69) is 10.3 Å². The van der Waals surface area contributed by atoms with Gasteiger partial charge in [0, 0.05) is 11.8 Å². The standard InChI is InChI=1S/C13H12N2O3/c1-8-4-5-14-7-10(8)15-13(18)9-2-3-11(16)12(17)6-9/h2-7,16-17H,1H3,(H,15,18). The monoisotopic (exact) mass is 244 g/mol. The first-order valence-electron chi connectivity index (χ1n) is 5.32. The van der Waals surface area contributed by atoms with E-state index in [9.17, 15) is 9.90 Å². The lowest BCUT2D eigenvalue weighted by Crippen LogP contribution is -2.12. The van der Waals surface area contributed by atoms with E-state index in [-0.39, 0.29) is 23.0 Å². The summed E-state index contributed by atoms with van der Waals surface area (Å²) in [5.41, 5.74) is 1.75. The number of anilines is 1. The van der Waals surface area contributed by atoms with E-state index in [1.807, 2.05) is 6.92 Å². The molecule has 1 aromatic heterocycles. The molecule has 0 aliphatic rings. The van der Waals surface area contributed by atoms with Crippen molar-refractivity contribution in [1.29, 1.82) is 0 Å². The highest BCUT2D eigenvalue weighted by atomic mass is 16.3. The molecule has 92 valence electrons. The molecular weight excluding hydrogens is 232 g/mol. The normalized spacial score (nSPS) is 10.1. The summed E-state index contributed by atoms with van der Waals surface area (Å²) in [4.78, 5) is 15.8. The van der Waals surface area contributed by atoms with E-state index in [0.29, 0.717) is 5.69 Å². The molecule has 0 radical (unpaired) electrons. The molecule has 0 aliphatic heterocycles. The largest absolute Gasteiger partial charge is 0.504 e. The predicted molar refractivity (Wildman–Crippen MR) is 66.7 cm³/mol. The fourth-order valence-corrected chi connectivity index (χ4v) is 1.45. The molecule has 2 aromatic rings. The van der Waals surface area contributed by atoms with Crippen molar-refractivity contribution >= 4 is 11.6 Å². The first kappa shape index (κ1) is 11.9. The number of hydrogen-bond donors (Lipinski definition) is 3. The van der Waals surface area contributed by atoms with Gasteiger partial charge in [-0.1, -0.05) is 0 Å². The van der Waals surface area contributed by atoms with Crippen LogP contribution in [0.5, 0.6) is 11.5 Å². The number of carbonyl (C=O) groups excluding carboxylic acids is 1. The van der Waals surface area contributed by atoms with Crippen LogP contribution in [0.25, 0.3) is 0 Å². The Labute approximate surface area is 104 Å². The number of rotatable bonds is 2. The number of phenolic OH excluding ortho intramolecular Hbond substituents is 2. The second-order valence-corrected chi connectivity index (χ2v) is 3.85. The zero-order chi connectivity index (χ0) is 13.1. The Balaban J connectivity index is 2.22. The quantitative estimate of drug-likeness (QED) is 0.706. The minimum Gasteiger partial charge on any atom is -0.504 e. The predicted octanol–water partition coefficient (Wildman–Crippen LogP) is 2.05. The summed E-state index contributed by atoms with van der Waals surface area (Å²) in [6.07, 6.45) is 3.19. The second kappa shape index (κ2) is 4.75. The first-order chi connectivity index (χ1) is 8.58. The molecule has 3 N–H and O–H groups in total. The number of aryl methyl sites for hydroxylation is 1. The van der Waals surface area contributed by atoms with Gasteiger partial charge in [-0.15, -0.1) is 0 Å². The van der Waals surface area contributed by atoms with Gasteiger partial charge in [0.1, 0.15) is 0 Å². The molecule has 0 saturated heterocycles. The van der Waals surface area contributed by atoms with E-state index < -0.39 is 0 Å². The van der Waals surface area contributed by atoms with Crippen molar-refractivity contribution in [3.63, 3.8) is 0 Å². The molecule has 18 heavy (non-hydrogen) atoms. The molecule has 0 fully saturated rings. The third-order valence-electron chi connectivity index (χ3n) is 2.52. The van der Waals surface area contributed by atoms with Crippen LogP contribution < -0.4 is 5.32 Å². The van der Waals surface area contributed by atoms with Crippen LogP contribution in [0.4, 0.5) is 5.69 Å². The number of phenols is 2. The van der Waals surface area contributed by atoms with Gasteiger partial charge in [0.25, 0.3) is 5.91 Å². The van der Waals surface area contributed by atoms with Gasteiger partial charge >= 0.3 is 0 Å². The molecule has 5 heteroatoms. The number of hydrogen-bond acceptors (Lipinski definition) is 4. The van der Waals surface area contributed by atoms with Gasteiger partial charge in [-0.25, -0.2) is 0 Å². The minimum atomic E-state index is -0.374. The molecule has 5 nitrogen and oxygen atoms in total. The van der Waals surface area contributed by atoms with Gasteiger partial charge in [-0.05, 0) is 36.8 Å².